The molecule has 1 aliphatic rings. The molecule has 14 heavy (non-hydrogen) atoms. The van der Waals surface area contributed by atoms with Crippen molar-refractivity contribution in [2.24, 2.45) is 5.41 Å². The van der Waals surface area contributed by atoms with Crippen LogP contribution in [0.2, 0.25) is 0 Å². The highest BCUT2D eigenvalue weighted by molar-refractivity contribution is 5.34. The fourth-order valence-electron chi connectivity index (χ4n) is 2.48. The van der Waals surface area contributed by atoms with E-state index in [0.29, 0.717) is 12.0 Å². The van der Waals surface area contributed by atoms with Crippen molar-refractivity contribution >= 4 is 0 Å². The van der Waals surface area contributed by atoms with Crippen molar-refractivity contribution in [3.05, 3.63) is 23.0 Å². The number of hydrogen-bond acceptors (Lipinski definition) is 1. The second kappa shape index (κ2) is 2.88. The largest absolute Gasteiger partial charge is 0.335 e. The molecule has 74 valence electrons. The first-order chi connectivity index (χ1) is 6.53. The van der Waals surface area contributed by atoms with Crippen molar-refractivity contribution in [2.75, 3.05) is 0 Å². The van der Waals surface area contributed by atoms with E-state index in [0.717, 1.165) is 12.8 Å². The Morgan fingerprint density at radius 2 is 2.21 bits per heavy atom. The van der Waals surface area contributed by atoms with Gasteiger partial charge in [0.15, 0.2) is 0 Å². The topological polar surface area (TPSA) is 28.7 Å². The zero-order chi connectivity index (χ0) is 10.3. The zero-order valence-electron chi connectivity index (χ0n) is 9.09. The Labute approximate surface area is 85.2 Å². The normalized spacial score (nSPS) is 17.9. The van der Waals surface area contributed by atoms with Gasteiger partial charge < -0.3 is 4.57 Å². The summed E-state index contributed by atoms with van der Waals surface area (Å²) in [5.74, 6) is 0. The molecule has 2 nitrogen and oxygen atoms in total. The van der Waals surface area contributed by atoms with Gasteiger partial charge in [-0.15, -0.1) is 0 Å². The van der Waals surface area contributed by atoms with E-state index in [9.17, 15) is 0 Å². The van der Waals surface area contributed by atoms with Crippen LogP contribution in [0.4, 0.5) is 0 Å². The standard InChI is InChI=1S/C12H16N2/c1-9-6-10-7-12(2,3)8-11(10)14(9)5-4-13/h6H,5,7-8H2,1-3H3. The molecule has 0 aromatic carbocycles. The molecule has 0 unspecified atom stereocenters. The molecule has 0 radical (unpaired) electrons. The Balaban J connectivity index is 2.42. The van der Waals surface area contributed by atoms with Gasteiger partial charge in [-0.3, -0.25) is 0 Å². The molecule has 0 N–H and O–H groups in total. The van der Waals surface area contributed by atoms with Crippen molar-refractivity contribution in [1.29, 1.82) is 5.26 Å². The summed E-state index contributed by atoms with van der Waals surface area (Å²) in [6.45, 7) is 7.16. The SMILES string of the molecule is Cc1cc2c(n1CC#N)CC(C)(C)C2. The summed E-state index contributed by atoms with van der Waals surface area (Å²) in [4.78, 5) is 0. The lowest BCUT2D eigenvalue weighted by atomic mass is 9.90. The van der Waals surface area contributed by atoms with Gasteiger partial charge in [-0.2, -0.15) is 5.26 Å². The van der Waals surface area contributed by atoms with Gasteiger partial charge in [0, 0.05) is 11.4 Å². The zero-order valence-corrected chi connectivity index (χ0v) is 9.09. The van der Waals surface area contributed by atoms with E-state index in [1.165, 1.54) is 17.0 Å². The maximum Gasteiger partial charge on any atom is 0.110 e. The molecule has 0 saturated carbocycles. The Morgan fingerprint density at radius 1 is 1.50 bits per heavy atom. The van der Waals surface area contributed by atoms with E-state index >= 15 is 0 Å². The average molecular weight is 188 g/mol. The second-order valence-electron chi connectivity index (χ2n) is 5.02. The summed E-state index contributed by atoms with van der Waals surface area (Å²) >= 11 is 0. The molecule has 0 spiro atoms. The van der Waals surface area contributed by atoms with Crippen LogP contribution in [0.5, 0.6) is 0 Å². The highest BCUT2D eigenvalue weighted by Gasteiger charge is 2.31. The number of fused-ring (bicyclic) bond motifs is 1. The average Bonchev–Trinajstić information content (AvgIpc) is 2.47. The number of nitriles is 1. The van der Waals surface area contributed by atoms with Gasteiger partial charge in [-0.05, 0) is 36.8 Å². The van der Waals surface area contributed by atoms with Crippen LogP contribution in [0.15, 0.2) is 6.07 Å². The summed E-state index contributed by atoms with van der Waals surface area (Å²) in [5.41, 5.74) is 4.44. The first-order valence-corrected chi connectivity index (χ1v) is 5.08. The molecule has 1 aromatic rings. The highest BCUT2D eigenvalue weighted by atomic mass is 15.0. The molecule has 0 atom stereocenters. The van der Waals surface area contributed by atoms with E-state index in [4.69, 9.17) is 5.26 Å². The number of nitrogens with zero attached hydrogens (tertiary/aromatic N) is 2. The fourth-order valence-corrected chi connectivity index (χ4v) is 2.48. The summed E-state index contributed by atoms with van der Waals surface area (Å²) in [5, 5.41) is 8.75. The predicted octanol–water partition coefficient (Wildman–Crippen LogP) is 2.44. The fraction of sp³-hybridized carbons (Fsp3) is 0.583. The van der Waals surface area contributed by atoms with E-state index in [-0.39, 0.29) is 0 Å². The Morgan fingerprint density at radius 3 is 2.86 bits per heavy atom. The van der Waals surface area contributed by atoms with E-state index < -0.39 is 0 Å². The molecule has 2 heteroatoms. The Kier molecular flexibility index (Phi) is 1.92. The van der Waals surface area contributed by atoms with Crippen LogP contribution in [0.1, 0.15) is 30.8 Å². The molecule has 0 aliphatic heterocycles. The molecular weight excluding hydrogens is 172 g/mol. The van der Waals surface area contributed by atoms with E-state index in [1.54, 1.807) is 0 Å². The van der Waals surface area contributed by atoms with E-state index in [1.807, 2.05) is 0 Å². The number of aromatic nitrogens is 1. The van der Waals surface area contributed by atoms with Gasteiger partial charge in [0.05, 0.1) is 6.07 Å². The van der Waals surface area contributed by atoms with Gasteiger partial charge >= 0.3 is 0 Å². The molecule has 2 rings (SSSR count). The first-order valence-electron chi connectivity index (χ1n) is 5.08. The maximum atomic E-state index is 8.75. The minimum Gasteiger partial charge on any atom is -0.335 e. The minimum atomic E-state index is 0.384. The maximum absolute atomic E-state index is 8.75. The van der Waals surface area contributed by atoms with Gasteiger partial charge in [-0.1, -0.05) is 13.8 Å². The lowest BCUT2D eigenvalue weighted by Crippen LogP contribution is -2.13. The molecule has 0 amide bonds. The molecule has 1 heterocycles. The third kappa shape index (κ3) is 1.33. The highest BCUT2D eigenvalue weighted by Crippen LogP contribution is 2.37. The van der Waals surface area contributed by atoms with Crippen LogP contribution in [-0.2, 0) is 19.4 Å². The molecule has 1 aliphatic carbocycles. The summed E-state index contributed by atoms with van der Waals surface area (Å²) in [6.07, 6.45) is 2.26. The molecule has 0 bridgehead atoms. The Bertz CT molecular complexity index is 405. The van der Waals surface area contributed by atoms with Crippen LogP contribution >= 0.6 is 0 Å². The third-order valence-electron chi connectivity index (χ3n) is 3.05. The molecule has 1 aromatic heterocycles. The van der Waals surface area contributed by atoms with Crippen molar-refractivity contribution in [1.82, 2.24) is 4.57 Å². The molecular formula is C12H16N2. The number of aryl methyl sites for hydroxylation is 1. The lowest BCUT2D eigenvalue weighted by molar-refractivity contribution is 0.385. The van der Waals surface area contributed by atoms with Crippen LogP contribution in [-0.4, -0.2) is 4.57 Å². The van der Waals surface area contributed by atoms with Crippen LogP contribution in [0, 0.1) is 23.7 Å². The second-order valence-corrected chi connectivity index (χ2v) is 5.02. The number of hydrogen-bond donors (Lipinski definition) is 0. The quantitative estimate of drug-likeness (QED) is 0.665. The summed E-state index contributed by atoms with van der Waals surface area (Å²) in [7, 11) is 0. The first kappa shape index (κ1) is 9.33. The van der Waals surface area contributed by atoms with Crippen LogP contribution < -0.4 is 0 Å². The summed E-state index contributed by atoms with van der Waals surface area (Å²) in [6, 6.07) is 4.47. The smallest absolute Gasteiger partial charge is 0.110 e. The molecule has 0 fully saturated rings. The van der Waals surface area contributed by atoms with Gasteiger partial charge in [0.1, 0.15) is 6.54 Å². The summed E-state index contributed by atoms with van der Waals surface area (Å²) < 4.78 is 2.16. The van der Waals surface area contributed by atoms with Crippen molar-refractivity contribution in [3.8, 4) is 6.07 Å². The monoisotopic (exact) mass is 188 g/mol. The van der Waals surface area contributed by atoms with Crippen molar-refractivity contribution < 1.29 is 0 Å². The van der Waals surface area contributed by atoms with Gasteiger partial charge in [0.25, 0.3) is 0 Å². The number of rotatable bonds is 1. The lowest BCUT2D eigenvalue weighted by Gasteiger charge is -2.17. The van der Waals surface area contributed by atoms with Crippen molar-refractivity contribution in [2.45, 2.75) is 40.2 Å². The van der Waals surface area contributed by atoms with Crippen LogP contribution in [0.3, 0.4) is 0 Å². The van der Waals surface area contributed by atoms with Crippen molar-refractivity contribution in [3.63, 3.8) is 0 Å². The third-order valence-corrected chi connectivity index (χ3v) is 3.05. The minimum absolute atomic E-state index is 0.384. The Hall–Kier alpha value is -1.23. The predicted molar refractivity (Wildman–Crippen MR) is 56.0 cm³/mol. The van der Waals surface area contributed by atoms with Gasteiger partial charge in [-0.25, -0.2) is 0 Å². The molecule has 0 saturated heterocycles. The van der Waals surface area contributed by atoms with E-state index in [2.05, 4.69) is 37.5 Å². The van der Waals surface area contributed by atoms with Crippen LogP contribution in [0.25, 0.3) is 0 Å². The van der Waals surface area contributed by atoms with Gasteiger partial charge in [0.2, 0.25) is 0 Å².